The summed E-state index contributed by atoms with van der Waals surface area (Å²) in [6.07, 6.45) is 0.253. The Kier molecular flexibility index (Phi) is 6.30. The number of amides is 1. The predicted octanol–water partition coefficient (Wildman–Crippen LogP) is 2.28. The molecule has 116 valence electrons. The van der Waals surface area contributed by atoms with Gasteiger partial charge in [-0.05, 0) is 24.1 Å². The minimum atomic E-state index is -0.316. The smallest absolute Gasteiger partial charge is 0.257 e. The van der Waals surface area contributed by atoms with E-state index < -0.39 is 0 Å². The number of oxime groups is 1. The van der Waals surface area contributed by atoms with Gasteiger partial charge in [0.1, 0.15) is 11.6 Å². The lowest BCUT2D eigenvalue weighted by Gasteiger charge is -2.24. The molecule has 4 N–H and O–H groups in total. The van der Waals surface area contributed by atoms with Gasteiger partial charge in [0.2, 0.25) is 0 Å². The third-order valence-corrected chi connectivity index (χ3v) is 3.06. The van der Waals surface area contributed by atoms with Crippen LogP contribution < -0.4 is 5.73 Å². The molecule has 0 fully saturated rings. The Morgan fingerprint density at radius 3 is 2.67 bits per heavy atom. The Hall–Kier alpha value is -1.95. The lowest BCUT2D eigenvalue weighted by Crippen LogP contribution is -2.36. The number of aromatic hydroxyl groups is 1. The molecule has 0 aliphatic heterocycles. The van der Waals surface area contributed by atoms with Crippen LogP contribution in [0.25, 0.3) is 0 Å². The molecule has 6 nitrogen and oxygen atoms in total. The fourth-order valence-electron chi connectivity index (χ4n) is 1.87. The zero-order valence-corrected chi connectivity index (χ0v) is 12.8. The first-order valence-corrected chi connectivity index (χ1v) is 6.97. The summed E-state index contributed by atoms with van der Waals surface area (Å²) < 4.78 is 0. The van der Waals surface area contributed by atoms with Crippen molar-refractivity contribution < 1.29 is 15.1 Å². The van der Waals surface area contributed by atoms with Gasteiger partial charge in [0.25, 0.3) is 5.91 Å². The number of benzene rings is 1. The second kappa shape index (κ2) is 7.73. The largest absolute Gasteiger partial charge is 0.507 e. The van der Waals surface area contributed by atoms with Crippen molar-refractivity contribution in [3.8, 4) is 5.75 Å². The normalized spacial score (nSPS) is 11.7. The maximum Gasteiger partial charge on any atom is 0.257 e. The van der Waals surface area contributed by atoms with Gasteiger partial charge in [0.15, 0.2) is 0 Å². The number of nitrogens with two attached hydrogens (primary N) is 1. The van der Waals surface area contributed by atoms with E-state index in [1.54, 1.807) is 11.0 Å². The minimum absolute atomic E-state index is 0.0527. The van der Waals surface area contributed by atoms with Gasteiger partial charge >= 0.3 is 0 Å². The molecular weight excluding hydrogens is 294 g/mol. The molecule has 0 aliphatic rings. The van der Waals surface area contributed by atoms with Crippen molar-refractivity contribution in [2.75, 3.05) is 13.1 Å². The number of hydrogen-bond acceptors (Lipinski definition) is 4. The first kappa shape index (κ1) is 17.1. The van der Waals surface area contributed by atoms with Crippen LogP contribution in [-0.4, -0.2) is 40.0 Å². The number of amidine groups is 1. The highest BCUT2D eigenvalue weighted by Gasteiger charge is 2.20. The van der Waals surface area contributed by atoms with Gasteiger partial charge in [-0.15, -0.1) is 0 Å². The highest BCUT2D eigenvalue weighted by atomic mass is 35.5. The molecule has 0 aliphatic carbocycles. The molecule has 0 unspecified atom stereocenters. The van der Waals surface area contributed by atoms with Crippen LogP contribution in [0.4, 0.5) is 0 Å². The first-order chi connectivity index (χ1) is 9.85. The molecule has 0 bridgehead atoms. The van der Waals surface area contributed by atoms with Crippen molar-refractivity contribution in [2.45, 2.75) is 20.3 Å². The molecule has 7 heteroatoms. The molecular formula is C14H20ClN3O3. The van der Waals surface area contributed by atoms with Crippen LogP contribution in [0.15, 0.2) is 23.4 Å². The average Bonchev–Trinajstić information content (AvgIpc) is 2.42. The van der Waals surface area contributed by atoms with Gasteiger partial charge in [-0.25, -0.2) is 0 Å². The lowest BCUT2D eigenvalue weighted by molar-refractivity contribution is 0.0737. The first-order valence-electron chi connectivity index (χ1n) is 6.59. The highest BCUT2D eigenvalue weighted by Crippen LogP contribution is 2.23. The second-order valence-corrected chi connectivity index (χ2v) is 5.58. The zero-order valence-electron chi connectivity index (χ0n) is 12.1. The third kappa shape index (κ3) is 5.15. The van der Waals surface area contributed by atoms with E-state index in [-0.39, 0.29) is 35.4 Å². The van der Waals surface area contributed by atoms with E-state index in [2.05, 4.69) is 5.16 Å². The van der Waals surface area contributed by atoms with Crippen LogP contribution in [0.3, 0.4) is 0 Å². The molecule has 0 spiro atoms. The van der Waals surface area contributed by atoms with Crippen LogP contribution in [0, 0.1) is 5.92 Å². The molecule has 0 saturated carbocycles. The molecule has 1 aromatic rings. The summed E-state index contributed by atoms with van der Waals surface area (Å²) in [5.41, 5.74) is 5.62. The van der Waals surface area contributed by atoms with E-state index in [0.29, 0.717) is 18.1 Å². The Morgan fingerprint density at radius 2 is 2.14 bits per heavy atom. The van der Waals surface area contributed by atoms with Crippen molar-refractivity contribution in [1.29, 1.82) is 0 Å². The maximum atomic E-state index is 12.5. The summed E-state index contributed by atoms with van der Waals surface area (Å²) >= 11 is 5.76. The Morgan fingerprint density at radius 1 is 1.48 bits per heavy atom. The van der Waals surface area contributed by atoms with E-state index in [1.165, 1.54) is 12.1 Å². The number of phenols is 1. The van der Waals surface area contributed by atoms with Crippen LogP contribution in [0.1, 0.15) is 30.6 Å². The quantitative estimate of drug-likeness (QED) is 0.325. The highest BCUT2D eigenvalue weighted by molar-refractivity contribution is 6.30. The summed E-state index contributed by atoms with van der Waals surface area (Å²) in [6, 6.07) is 4.36. The molecule has 1 amide bonds. The Bertz CT molecular complexity index is 532. The molecule has 0 aromatic heterocycles. The summed E-state index contributed by atoms with van der Waals surface area (Å²) in [5, 5.41) is 21.7. The molecule has 1 rings (SSSR count). The van der Waals surface area contributed by atoms with Gasteiger partial charge in [-0.2, -0.15) is 0 Å². The molecule has 0 heterocycles. The van der Waals surface area contributed by atoms with Crippen molar-refractivity contribution in [3.63, 3.8) is 0 Å². The van der Waals surface area contributed by atoms with Gasteiger partial charge in [-0.1, -0.05) is 30.6 Å². The van der Waals surface area contributed by atoms with E-state index in [0.717, 1.165) is 0 Å². The SMILES string of the molecule is CC(C)CN(CCC(N)=NO)C(=O)c1ccc(Cl)cc1O. The summed E-state index contributed by atoms with van der Waals surface area (Å²) in [6.45, 7) is 4.76. The number of halogens is 1. The number of carbonyl (C=O) groups excluding carboxylic acids is 1. The lowest BCUT2D eigenvalue weighted by atomic mass is 10.1. The van der Waals surface area contributed by atoms with E-state index in [4.69, 9.17) is 22.5 Å². The third-order valence-electron chi connectivity index (χ3n) is 2.83. The van der Waals surface area contributed by atoms with Crippen molar-refractivity contribution >= 4 is 23.3 Å². The maximum absolute atomic E-state index is 12.5. The predicted molar refractivity (Wildman–Crippen MR) is 81.9 cm³/mol. The minimum Gasteiger partial charge on any atom is -0.507 e. The van der Waals surface area contributed by atoms with Crippen LogP contribution in [0.5, 0.6) is 5.75 Å². The van der Waals surface area contributed by atoms with E-state index in [9.17, 15) is 9.90 Å². The van der Waals surface area contributed by atoms with Crippen LogP contribution in [-0.2, 0) is 0 Å². The summed E-state index contributed by atoms with van der Waals surface area (Å²) in [7, 11) is 0. The average molecular weight is 314 g/mol. The molecule has 21 heavy (non-hydrogen) atoms. The van der Waals surface area contributed by atoms with E-state index in [1.807, 2.05) is 13.8 Å². The van der Waals surface area contributed by atoms with Crippen molar-refractivity contribution in [3.05, 3.63) is 28.8 Å². The molecule has 0 radical (unpaired) electrons. The zero-order chi connectivity index (χ0) is 16.0. The standard InChI is InChI=1S/C14H20ClN3O3/c1-9(2)8-18(6-5-13(16)17-21)14(20)11-4-3-10(15)7-12(11)19/h3-4,7,9,19,21H,5-6,8H2,1-2H3,(H2,16,17). The van der Waals surface area contributed by atoms with Crippen molar-refractivity contribution in [2.24, 2.45) is 16.8 Å². The number of carbonyl (C=O) groups is 1. The van der Waals surface area contributed by atoms with Gasteiger partial charge in [0.05, 0.1) is 5.56 Å². The van der Waals surface area contributed by atoms with Crippen LogP contribution in [0.2, 0.25) is 5.02 Å². The topological polar surface area (TPSA) is 99.1 Å². The fourth-order valence-corrected chi connectivity index (χ4v) is 2.04. The van der Waals surface area contributed by atoms with Gasteiger partial charge < -0.3 is 20.9 Å². The molecule has 0 saturated heterocycles. The number of nitrogens with zero attached hydrogens (tertiary/aromatic N) is 2. The Balaban J connectivity index is 2.93. The van der Waals surface area contributed by atoms with Crippen molar-refractivity contribution in [1.82, 2.24) is 4.90 Å². The Labute approximate surface area is 128 Å². The number of rotatable bonds is 6. The monoisotopic (exact) mass is 313 g/mol. The van der Waals surface area contributed by atoms with Crippen LogP contribution >= 0.6 is 11.6 Å². The van der Waals surface area contributed by atoms with Gasteiger partial charge in [0, 0.05) is 24.5 Å². The summed E-state index contributed by atoms with van der Waals surface area (Å²) in [5.74, 6) is -0.179. The van der Waals surface area contributed by atoms with E-state index >= 15 is 0 Å². The fraction of sp³-hybridized carbons (Fsp3) is 0.429. The summed E-state index contributed by atoms with van der Waals surface area (Å²) in [4.78, 5) is 14.1. The van der Waals surface area contributed by atoms with Gasteiger partial charge in [-0.3, -0.25) is 4.79 Å². The molecule has 0 atom stereocenters. The molecule has 1 aromatic carbocycles. The second-order valence-electron chi connectivity index (χ2n) is 5.15. The number of hydrogen-bond donors (Lipinski definition) is 3. The number of phenolic OH excluding ortho intramolecular Hbond substituents is 1.